The predicted molar refractivity (Wildman–Crippen MR) is 197 cm³/mol. The molecule has 1 saturated heterocycles. The zero-order chi connectivity index (χ0) is 32.2. The van der Waals surface area contributed by atoms with Crippen LogP contribution in [-0.2, 0) is 9.31 Å². The van der Waals surface area contributed by atoms with E-state index in [4.69, 9.17) is 9.31 Å². The number of rotatable bonds is 6. The largest absolute Gasteiger partial charge is 0.494 e. The number of anilines is 3. The third-order valence-corrected chi connectivity index (χ3v) is 9.84. The van der Waals surface area contributed by atoms with Gasteiger partial charge in [-0.15, -0.1) is 0 Å². The third-order valence-electron chi connectivity index (χ3n) is 9.84. The van der Waals surface area contributed by atoms with E-state index in [1.807, 2.05) is 0 Å². The van der Waals surface area contributed by atoms with Crippen LogP contribution in [0.5, 0.6) is 0 Å². The SMILES string of the molecule is CC1(C)OB(c2ccc(N(c3ccc(-c4ccccc4)cc3)c3cccc(-n4c5ccccc5c5ccccc54)c3)cc2)OC1(C)C. The van der Waals surface area contributed by atoms with E-state index in [-0.39, 0.29) is 0 Å². The summed E-state index contributed by atoms with van der Waals surface area (Å²) in [4.78, 5) is 2.32. The van der Waals surface area contributed by atoms with Gasteiger partial charge in [-0.25, -0.2) is 0 Å². The van der Waals surface area contributed by atoms with E-state index in [9.17, 15) is 0 Å². The maximum Gasteiger partial charge on any atom is 0.494 e. The Morgan fingerprint density at radius 3 is 1.60 bits per heavy atom. The summed E-state index contributed by atoms with van der Waals surface area (Å²) in [5.41, 5.74) is 9.30. The highest BCUT2D eigenvalue weighted by molar-refractivity contribution is 6.62. The van der Waals surface area contributed by atoms with Crippen molar-refractivity contribution < 1.29 is 9.31 Å². The fraction of sp³-hybridized carbons (Fsp3) is 0.143. The maximum atomic E-state index is 6.36. The van der Waals surface area contributed by atoms with Crippen LogP contribution in [0.3, 0.4) is 0 Å². The molecule has 2 heterocycles. The standard InChI is InChI=1S/C42H37BN2O2/c1-41(2)42(3,4)47-43(46-41)32-23-27-34(28-24-32)44(33-25-21-31(22-26-33)30-13-6-5-7-14-30)35-15-12-16-36(29-35)45-39-19-10-8-17-37(39)38-18-9-11-20-40(38)45/h5-29H,1-4H3. The van der Waals surface area contributed by atoms with Gasteiger partial charge in [-0.3, -0.25) is 0 Å². The minimum Gasteiger partial charge on any atom is -0.399 e. The number of benzene rings is 6. The van der Waals surface area contributed by atoms with Crippen molar-refractivity contribution in [2.45, 2.75) is 38.9 Å². The number of fused-ring (bicyclic) bond motifs is 3. The summed E-state index contributed by atoms with van der Waals surface area (Å²) < 4.78 is 15.1. The van der Waals surface area contributed by atoms with Gasteiger partial charge in [-0.05, 0) is 98.9 Å². The Bertz CT molecular complexity index is 2130. The van der Waals surface area contributed by atoms with Crippen molar-refractivity contribution >= 4 is 51.4 Å². The molecule has 1 aliphatic rings. The summed E-state index contributed by atoms with van der Waals surface area (Å²) in [7, 11) is -0.411. The van der Waals surface area contributed by atoms with Crippen molar-refractivity contribution in [3.8, 4) is 16.8 Å². The Labute approximate surface area is 277 Å². The molecule has 0 saturated carbocycles. The monoisotopic (exact) mass is 612 g/mol. The average Bonchev–Trinajstić information content (AvgIpc) is 3.55. The summed E-state index contributed by atoms with van der Waals surface area (Å²) in [5.74, 6) is 0. The molecule has 0 N–H and O–H groups in total. The van der Waals surface area contributed by atoms with Crippen molar-refractivity contribution in [1.29, 1.82) is 0 Å². The third kappa shape index (κ3) is 5.13. The van der Waals surface area contributed by atoms with E-state index in [1.54, 1.807) is 0 Å². The highest BCUT2D eigenvalue weighted by atomic mass is 16.7. The molecule has 0 radical (unpaired) electrons. The summed E-state index contributed by atoms with van der Waals surface area (Å²) in [6.45, 7) is 8.36. The molecule has 1 aliphatic heterocycles. The maximum absolute atomic E-state index is 6.36. The van der Waals surface area contributed by atoms with Crippen molar-refractivity contribution in [3.05, 3.63) is 152 Å². The minimum atomic E-state index is -0.411. The molecule has 4 nitrogen and oxygen atoms in total. The van der Waals surface area contributed by atoms with Gasteiger partial charge in [0.15, 0.2) is 0 Å². The average molecular weight is 613 g/mol. The first-order valence-electron chi connectivity index (χ1n) is 16.3. The first kappa shape index (κ1) is 29.3. The Kier molecular flexibility index (Phi) is 7.05. The molecule has 0 unspecified atom stereocenters. The fourth-order valence-electron chi connectivity index (χ4n) is 6.61. The second kappa shape index (κ2) is 11.3. The molecule has 230 valence electrons. The number of hydrogen-bond donors (Lipinski definition) is 0. The number of aromatic nitrogens is 1. The van der Waals surface area contributed by atoms with E-state index in [1.165, 1.54) is 32.9 Å². The molecule has 1 fully saturated rings. The number of para-hydroxylation sites is 2. The van der Waals surface area contributed by atoms with Gasteiger partial charge >= 0.3 is 7.12 Å². The van der Waals surface area contributed by atoms with Gasteiger partial charge < -0.3 is 18.8 Å². The summed E-state index contributed by atoms with van der Waals surface area (Å²) in [6.07, 6.45) is 0. The molecule has 5 heteroatoms. The van der Waals surface area contributed by atoms with Crippen LogP contribution in [0.2, 0.25) is 0 Å². The zero-order valence-corrected chi connectivity index (χ0v) is 27.2. The topological polar surface area (TPSA) is 26.6 Å². The lowest BCUT2D eigenvalue weighted by Gasteiger charge is -2.32. The van der Waals surface area contributed by atoms with Gasteiger partial charge in [-0.2, -0.15) is 0 Å². The summed E-state index contributed by atoms with van der Waals surface area (Å²) in [6, 6.07) is 54.0. The summed E-state index contributed by atoms with van der Waals surface area (Å²) in [5, 5.41) is 2.50. The summed E-state index contributed by atoms with van der Waals surface area (Å²) >= 11 is 0. The van der Waals surface area contributed by atoms with Crippen molar-refractivity contribution in [2.24, 2.45) is 0 Å². The Hall–Kier alpha value is -5.10. The fourth-order valence-corrected chi connectivity index (χ4v) is 6.61. The van der Waals surface area contributed by atoms with Crippen LogP contribution in [0.25, 0.3) is 38.6 Å². The molecule has 0 spiro atoms. The number of hydrogen-bond acceptors (Lipinski definition) is 3. The smallest absolute Gasteiger partial charge is 0.399 e. The molecule has 0 aliphatic carbocycles. The lowest BCUT2D eigenvalue weighted by molar-refractivity contribution is 0.00578. The van der Waals surface area contributed by atoms with Crippen molar-refractivity contribution in [2.75, 3.05) is 4.90 Å². The normalized spacial score (nSPS) is 15.4. The van der Waals surface area contributed by atoms with Crippen LogP contribution in [0.4, 0.5) is 17.1 Å². The van der Waals surface area contributed by atoms with Crippen LogP contribution in [0.15, 0.2) is 152 Å². The molecule has 0 bridgehead atoms. The van der Waals surface area contributed by atoms with Crippen LogP contribution in [0, 0.1) is 0 Å². The van der Waals surface area contributed by atoms with Gasteiger partial charge in [0.2, 0.25) is 0 Å². The molecule has 0 amide bonds. The van der Waals surface area contributed by atoms with Gasteiger partial charge in [0, 0.05) is 33.5 Å². The first-order chi connectivity index (χ1) is 22.8. The molecule has 0 atom stereocenters. The Balaban J connectivity index is 1.23. The second-order valence-electron chi connectivity index (χ2n) is 13.3. The van der Waals surface area contributed by atoms with E-state index in [0.717, 1.165) is 28.2 Å². The molecule has 7 aromatic rings. The van der Waals surface area contributed by atoms with Crippen LogP contribution < -0.4 is 10.4 Å². The highest BCUT2D eigenvalue weighted by Gasteiger charge is 2.51. The predicted octanol–water partition coefficient (Wildman–Crippen LogP) is 10.2. The van der Waals surface area contributed by atoms with E-state index < -0.39 is 18.3 Å². The lowest BCUT2D eigenvalue weighted by atomic mass is 9.79. The van der Waals surface area contributed by atoms with Crippen LogP contribution in [0.1, 0.15) is 27.7 Å². The quantitative estimate of drug-likeness (QED) is 0.175. The Morgan fingerprint density at radius 2 is 1.00 bits per heavy atom. The molecule has 1 aromatic heterocycles. The van der Waals surface area contributed by atoms with Gasteiger partial charge in [-0.1, -0.05) is 97.1 Å². The molecular formula is C42H37BN2O2. The van der Waals surface area contributed by atoms with Gasteiger partial charge in [0.25, 0.3) is 0 Å². The zero-order valence-electron chi connectivity index (χ0n) is 27.2. The van der Waals surface area contributed by atoms with Crippen LogP contribution >= 0.6 is 0 Å². The second-order valence-corrected chi connectivity index (χ2v) is 13.3. The molecular weight excluding hydrogens is 575 g/mol. The van der Waals surface area contributed by atoms with E-state index >= 15 is 0 Å². The molecule has 6 aromatic carbocycles. The van der Waals surface area contributed by atoms with Gasteiger partial charge in [0.05, 0.1) is 22.2 Å². The Morgan fingerprint density at radius 1 is 0.489 bits per heavy atom. The first-order valence-corrected chi connectivity index (χ1v) is 16.3. The van der Waals surface area contributed by atoms with Crippen molar-refractivity contribution in [3.63, 3.8) is 0 Å². The van der Waals surface area contributed by atoms with Gasteiger partial charge in [0.1, 0.15) is 0 Å². The van der Waals surface area contributed by atoms with Crippen molar-refractivity contribution in [1.82, 2.24) is 4.57 Å². The molecule has 47 heavy (non-hydrogen) atoms. The molecule has 8 rings (SSSR count). The van der Waals surface area contributed by atoms with Crippen LogP contribution in [-0.4, -0.2) is 22.9 Å². The van der Waals surface area contributed by atoms with E-state index in [0.29, 0.717) is 0 Å². The van der Waals surface area contributed by atoms with E-state index in [2.05, 4.69) is 189 Å². The minimum absolute atomic E-state index is 0.393. The number of nitrogens with zero attached hydrogens (tertiary/aromatic N) is 2. The highest BCUT2D eigenvalue weighted by Crippen LogP contribution is 2.39. The lowest BCUT2D eigenvalue weighted by Crippen LogP contribution is -2.41.